The minimum Gasteiger partial charge on any atom is -0.502 e. The van der Waals surface area contributed by atoms with E-state index in [1.165, 1.54) is 23.9 Å². The van der Waals surface area contributed by atoms with E-state index in [2.05, 4.69) is 6.58 Å². The van der Waals surface area contributed by atoms with Gasteiger partial charge in [0.2, 0.25) is 0 Å². The average molecular weight is 510 g/mol. The molecule has 0 radical (unpaired) electrons. The third-order valence-electron chi connectivity index (χ3n) is 6.77. The molecule has 9 heteroatoms. The molecule has 190 valence electrons. The molecular formula is C26H30F3NO4S. The number of sulfonamides is 1. The van der Waals surface area contributed by atoms with E-state index in [0.717, 1.165) is 43.4 Å². The van der Waals surface area contributed by atoms with Crippen molar-refractivity contribution < 1.29 is 31.1 Å². The Kier molecular flexibility index (Phi) is 7.35. The molecule has 1 fully saturated rings. The largest absolute Gasteiger partial charge is 0.502 e. The van der Waals surface area contributed by atoms with Crippen molar-refractivity contribution in [1.82, 2.24) is 0 Å². The Morgan fingerprint density at radius 1 is 1.14 bits per heavy atom. The van der Waals surface area contributed by atoms with Crippen LogP contribution in [0.5, 0.6) is 5.75 Å². The molecule has 1 aliphatic heterocycles. The van der Waals surface area contributed by atoms with Gasteiger partial charge in [-0.25, -0.2) is 8.42 Å². The number of alkyl halides is 3. The number of hydrogen-bond acceptors (Lipinski definition) is 4. The quantitative estimate of drug-likeness (QED) is 0.392. The molecule has 0 unspecified atom stereocenters. The number of rotatable bonds is 7. The Balaban J connectivity index is 1.73. The molecule has 0 spiro atoms. The van der Waals surface area contributed by atoms with Crippen LogP contribution in [0.3, 0.4) is 0 Å². The molecule has 0 aromatic heterocycles. The number of hydrogen-bond donors (Lipinski definition) is 0. The minimum absolute atomic E-state index is 0.0172. The van der Waals surface area contributed by atoms with E-state index in [1.54, 1.807) is 6.07 Å². The average Bonchev–Trinajstić information content (AvgIpc) is 2.86. The van der Waals surface area contributed by atoms with E-state index in [-0.39, 0.29) is 6.54 Å². The van der Waals surface area contributed by atoms with Crippen LogP contribution in [-0.4, -0.2) is 28.2 Å². The van der Waals surface area contributed by atoms with Gasteiger partial charge < -0.3 is 9.47 Å². The summed E-state index contributed by atoms with van der Waals surface area (Å²) in [7, 11) is -2.77. The summed E-state index contributed by atoms with van der Waals surface area (Å²) in [5, 5.41) is 0. The fourth-order valence-electron chi connectivity index (χ4n) is 4.78. The summed E-state index contributed by atoms with van der Waals surface area (Å²) >= 11 is 0. The Morgan fingerprint density at radius 2 is 1.89 bits per heavy atom. The van der Waals surface area contributed by atoms with Gasteiger partial charge >= 0.3 is 6.18 Å². The fourth-order valence-corrected chi connectivity index (χ4v) is 6.33. The zero-order valence-electron chi connectivity index (χ0n) is 19.7. The van der Waals surface area contributed by atoms with Crippen LogP contribution in [0.2, 0.25) is 0 Å². The molecule has 2 aromatic carbocycles. The number of anilines is 1. The monoisotopic (exact) mass is 509 g/mol. The molecule has 0 bridgehead atoms. The molecule has 0 N–H and O–H groups in total. The van der Waals surface area contributed by atoms with Crippen LogP contribution in [0.25, 0.3) is 0 Å². The van der Waals surface area contributed by atoms with Gasteiger partial charge in [0.25, 0.3) is 10.0 Å². The maximum atomic E-state index is 13.7. The highest BCUT2D eigenvalue weighted by Crippen LogP contribution is 2.42. The van der Waals surface area contributed by atoms with Crippen LogP contribution in [0, 0.1) is 0 Å². The first-order valence-electron chi connectivity index (χ1n) is 11.8. The fraction of sp³-hybridized carbons (Fsp3) is 0.462. The van der Waals surface area contributed by atoms with Crippen molar-refractivity contribution in [3.05, 3.63) is 65.9 Å². The van der Waals surface area contributed by atoms with Crippen molar-refractivity contribution in [1.29, 1.82) is 0 Å². The summed E-state index contributed by atoms with van der Waals surface area (Å²) in [6.45, 7) is 3.78. The predicted molar refractivity (Wildman–Crippen MR) is 128 cm³/mol. The lowest BCUT2D eigenvalue weighted by Gasteiger charge is -2.36. The molecular weight excluding hydrogens is 479 g/mol. The highest BCUT2D eigenvalue weighted by molar-refractivity contribution is 7.92. The third kappa shape index (κ3) is 5.60. The zero-order chi connectivity index (χ0) is 25.2. The number of nitrogens with zero attached hydrogens (tertiary/aromatic N) is 1. The van der Waals surface area contributed by atoms with Gasteiger partial charge in [0.05, 0.1) is 35.6 Å². The molecule has 0 amide bonds. The summed E-state index contributed by atoms with van der Waals surface area (Å²) < 4.78 is 79.8. The van der Waals surface area contributed by atoms with Gasteiger partial charge in [0.1, 0.15) is 11.9 Å². The summed E-state index contributed by atoms with van der Waals surface area (Å²) in [6.07, 6.45) is 1.26. The van der Waals surface area contributed by atoms with Crippen molar-refractivity contribution in [2.45, 2.75) is 68.0 Å². The lowest BCUT2D eigenvalue weighted by molar-refractivity contribution is -0.137. The zero-order valence-corrected chi connectivity index (χ0v) is 20.5. The van der Waals surface area contributed by atoms with Crippen molar-refractivity contribution in [3.8, 4) is 5.75 Å². The van der Waals surface area contributed by atoms with Gasteiger partial charge in [-0.15, -0.1) is 0 Å². The normalized spacial score (nSPS) is 19.1. The second kappa shape index (κ2) is 10.1. The lowest BCUT2D eigenvalue weighted by Crippen LogP contribution is -2.43. The van der Waals surface area contributed by atoms with Gasteiger partial charge in [0, 0.05) is 6.42 Å². The maximum absolute atomic E-state index is 13.7. The second-order valence-corrected chi connectivity index (χ2v) is 11.0. The van der Waals surface area contributed by atoms with Crippen LogP contribution in [0.4, 0.5) is 18.9 Å². The highest BCUT2D eigenvalue weighted by Gasteiger charge is 2.37. The van der Waals surface area contributed by atoms with E-state index < -0.39 is 32.8 Å². The summed E-state index contributed by atoms with van der Waals surface area (Å²) in [4.78, 5) is -0.400. The van der Waals surface area contributed by atoms with Crippen LogP contribution in [-0.2, 0) is 20.9 Å². The molecule has 4 rings (SSSR count). The number of ether oxygens (including phenoxy) is 2. The van der Waals surface area contributed by atoms with Gasteiger partial charge in [0.15, 0.2) is 0 Å². The van der Waals surface area contributed by atoms with Gasteiger partial charge in [-0.05, 0) is 61.1 Å². The van der Waals surface area contributed by atoms with Gasteiger partial charge in [-0.3, -0.25) is 4.31 Å². The smallest absolute Gasteiger partial charge is 0.416 e. The molecule has 0 saturated heterocycles. The predicted octanol–water partition coefficient (Wildman–Crippen LogP) is 6.65. The van der Waals surface area contributed by atoms with Crippen molar-refractivity contribution in [2.24, 2.45) is 0 Å². The molecule has 1 aliphatic carbocycles. The Labute approximate surface area is 204 Å². The Bertz CT molecular complexity index is 1170. The molecule has 1 atom stereocenters. The Morgan fingerprint density at radius 3 is 2.57 bits per heavy atom. The first kappa shape index (κ1) is 25.4. The standard InChI is InChI=1S/C26H30F3NO4S/c1-18(33-2)11-13-22-17-30(35(31,32)23-10-6-9-21(16-23)26(27,28)29)24-15-20(12-14-25(24)34-22)19-7-4-3-5-8-19/h6,9-10,12,14-16,19,22H,1,3-5,7-8,11,13,17H2,2H3/t22-/m0/s1. The van der Waals surface area contributed by atoms with E-state index in [4.69, 9.17) is 9.47 Å². The molecule has 2 aromatic rings. The summed E-state index contributed by atoms with van der Waals surface area (Å²) in [5.41, 5.74) is 0.394. The number of methoxy groups -OCH3 is 1. The minimum atomic E-state index is -4.65. The van der Waals surface area contributed by atoms with Crippen LogP contribution >= 0.6 is 0 Å². The number of benzene rings is 2. The van der Waals surface area contributed by atoms with E-state index in [0.29, 0.717) is 42.0 Å². The van der Waals surface area contributed by atoms with Crippen molar-refractivity contribution in [2.75, 3.05) is 18.0 Å². The molecule has 2 aliphatic rings. The lowest BCUT2D eigenvalue weighted by atomic mass is 9.84. The molecule has 1 saturated carbocycles. The van der Waals surface area contributed by atoms with E-state index >= 15 is 0 Å². The molecule has 35 heavy (non-hydrogen) atoms. The van der Waals surface area contributed by atoms with Crippen molar-refractivity contribution in [3.63, 3.8) is 0 Å². The van der Waals surface area contributed by atoms with Crippen LogP contribution < -0.4 is 9.04 Å². The first-order chi connectivity index (χ1) is 16.6. The maximum Gasteiger partial charge on any atom is 0.416 e. The third-order valence-corrected chi connectivity index (χ3v) is 8.55. The van der Waals surface area contributed by atoms with Crippen LogP contribution in [0.15, 0.2) is 59.7 Å². The van der Waals surface area contributed by atoms with Crippen molar-refractivity contribution >= 4 is 15.7 Å². The van der Waals surface area contributed by atoms with Gasteiger partial charge in [-0.2, -0.15) is 13.2 Å². The van der Waals surface area contributed by atoms with Gasteiger partial charge in [-0.1, -0.05) is 38.0 Å². The summed E-state index contributed by atoms with van der Waals surface area (Å²) in [5.74, 6) is 1.27. The number of halogens is 3. The number of fused-ring (bicyclic) bond motifs is 1. The number of allylic oxidation sites excluding steroid dienone is 1. The first-order valence-corrected chi connectivity index (χ1v) is 13.3. The van der Waals surface area contributed by atoms with E-state index in [1.807, 2.05) is 12.1 Å². The Hall–Kier alpha value is -2.68. The topological polar surface area (TPSA) is 55.8 Å². The SMILES string of the molecule is C=C(CC[C@H]1CN(S(=O)(=O)c2cccc(C(F)(F)F)c2)c2cc(C3CCCCC3)ccc2O1)OC. The van der Waals surface area contributed by atoms with E-state index in [9.17, 15) is 21.6 Å². The summed E-state index contributed by atoms with van der Waals surface area (Å²) in [6, 6.07) is 9.47. The second-order valence-electron chi connectivity index (χ2n) is 9.15. The highest BCUT2D eigenvalue weighted by atomic mass is 32.2. The molecule has 1 heterocycles. The van der Waals surface area contributed by atoms with Crippen LogP contribution in [0.1, 0.15) is 62.0 Å². The molecule has 5 nitrogen and oxygen atoms in total.